The number of rotatable bonds is 4. The van der Waals surface area contributed by atoms with E-state index in [1.807, 2.05) is 0 Å². The Morgan fingerprint density at radius 1 is 1.15 bits per heavy atom. The Balaban J connectivity index is 1.49. The number of nitrogens with one attached hydrogen (secondary N) is 3. The lowest BCUT2D eigenvalue weighted by molar-refractivity contribution is 0.365. The largest absolute Gasteiger partial charge is 0.386 e. The van der Waals surface area contributed by atoms with Crippen molar-refractivity contribution in [1.82, 2.24) is 30.8 Å². The fraction of sp³-hybridized carbons (Fsp3) is 0.400. The zero-order chi connectivity index (χ0) is 17.8. The number of hydrogen-bond acceptors (Lipinski definition) is 6. The van der Waals surface area contributed by atoms with Crippen molar-refractivity contribution in [3.63, 3.8) is 0 Å². The molecule has 0 atom stereocenters. The van der Waals surface area contributed by atoms with Gasteiger partial charge in [-0.2, -0.15) is 0 Å². The fourth-order valence-electron chi connectivity index (χ4n) is 3.65. The van der Waals surface area contributed by atoms with Crippen LogP contribution in [0, 0.1) is 6.92 Å². The molecule has 0 aliphatic carbocycles. The van der Waals surface area contributed by atoms with Crippen molar-refractivity contribution in [2.75, 3.05) is 32.7 Å². The van der Waals surface area contributed by atoms with E-state index in [1.54, 1.807) is 12.4 Å². The molecule has 2 aromatic rings. The van der Waals surface area contributed by atoms with Crippen LogP contribution in [0.3, 0.4) is 0 Å². The predicted octanol–water partition coefficient (Wildman–Crippen LogP) is 1.65. The number of aryl methyl sites for hydroxylation is 1. The zero-order valence-corrected chi connectivity index (χ0v) is 15.3. The van der Waals surface area contributed by atoms with Crippen molar-refractivity contribution in [3.05, 3.63) is 59.3 Å². The first-order chi connectivity index (χ1) is 12.8. The summed E-state index contributed by atoms with van der Waals surface area (Å²) in [5, 5.41) is 10.4. The van der Waals surface area contributed by atoms with Gasteiger partial charge in [0.25, 0.3) is 0 Å². The molecule has 0 spiro atoms. The Morgan fingerprint density at radius 2 is 2.08 bits per heavy atom. The molecule has 136 valence electrons. The maximum Gasteiger partial charge on any atom is 0.0916 e. The topological polar surface area (TPSA) is 65.1 Å². The number of hydrogen-bond donors (Lipinski definition) is 3. The van der Waals surface area contributed by atoms with Crippen LogP contribution in [0.5, 0.6) is 0 Å². The van der Waals surface area contributed by atoms with Crippen molar-refractivity contribution in [3.8, 4) is 0 Å². The highest BCUT2D eigenvalue weighted by Crippen LogP contribution is 2.19. The summed E-state index contributed by atoms with van der Waals surface area (Å²) in [6.45, 7) is 8.04. The van der Waals surface area contributed by atoms with E-state index < -0.39 is 0 Å². The van der Waals surface area contributed by atoms with E-state index in [1.165, 1.54) is 17.7 Å². The summed E-state index contributed by atoms with van der Waals surface area (Å²) in [6.07, 6.45) is 9.06. The van der Waals surface area contributed by atoms with Gasteiger partial charge in [-0.05, 0) is 43.2 Å². The number of dihydropyridines is 1. The van der Waals surface area contributed by atoms with Gasteiger partial charge in [0.1, 0.15) is 0 Å². The highest BCUT2D eigenvalue weighted by molar-refractivity contribution is 5.78. The smallest absolute Gasteiger partial charge is 0.0916 e. The molecule has 1 saturated heterocycles. The van der Waals surface area contributed by atoms with Gasteiger partial charge in [-0.3, -0.25) is 9.97 Å². The third kappa shape index (κ3) is 3.65. The SMILES string of the molecule is Cc1cc(CNC2=CNCC=C2N2CCCNCC2)cc2nccnc12. The fourth-order valence-corrected chi connectivity index (χ4v) is 3.65. The minimum atomic E-state index is 0.768. The van der Waals surface area contributed by atoms with Crippen LogP contribution in [0.15, 0.2) is 48.2 Å². The van der Waals surface area contributed by atoms with Crippen molar-refractivity contribution in [1.29, 1.82) is 0 Å². The highest BCUT2D eigenvalue weighted by atomic mass is 15.2. The first-order valence-corrected chi connectivity index (χ1v) is 9.35. The summed E-state index contributed by atoms with van der Waals surface area (Å²) in [5.41, 5.74) is 6.79. The molecule has 0 saturated carbocycles. The Hall–Kier alpha value is -2.60. The molecule has 1 fully saturated rings. The molecule has 0 amide bonds. The first kappa shape index (κ1) is 16.8. The van der Waals surface area contributed by atoms with Crippen molar-refractivity contribution < 1.29 is 0 Å². The predicted molar refractivity (Wildman–Crippen MR) is 104 cm³/mol. The number of nitrogens with zero attached hydrogens (tertiary/aromatic N) is 3. The maximum atomic E-state index is 4.45. The monoisotopic (exact) mass is 350 g/mol. The Labute approximate surface area is 154 Å². The minimum Gasteiger partial charge on any atom is -0.386 e. The summed E-state index contributed by atoms with van der Waals surface area (Å²) in [6, 6.07) is 4.32. The van der Waals surface area contributed by atoms with Crippen LogP contribution in [-0.4, -0.2) is 47.6 Å². The standard InChI is InChI=1S/C20H26N6/c1-15-11-16(12-17-20(15)24-7-6-23-17)13-25-18-14-22-5-3-19(18)26-9-2-4-21-8-10-26/h3,6-7,11-12,14,21-22,25H,2,4-5,8-10,13H2,1H3. The summed E-state index contributed by atoms with van der Waals surface area (Å²) < 4.78 is 0. The summed E-state index contributed by atoms with van der Waals surface area (Å²) in [7, 11) is 0. The van der Waals surface area contributed by atoms with E-state index in [-0.39, 0.29) is 0 Å². The van der Waals surface area contributed by atoms with Crippen molar-refractivity contribution in [2.24, 2.45) is 0 Å². The van der Waals surface area contributed by atoms with E-state index in [9.17, 15) is 0 Å². The van der Waals surface area contributed by atoms with E-state index in [0.29, 0.717) is 0 Å². The molecule has 1 aromatic carbocycles. The molecule has 6 heteroatoms. The van der Waals surface area contributed by atoms with Crippen LogP contribution < -0.4 is 16.0 Å². The summed E-state index contributed by atoms with van der Waals surface area (Å²) >= 11 is 0. The normalized spacial score (nSPS) is 18.0. The molecule has 3 heterocycles. The van der Waals surface area contributed by atoms with Crippen LogP contribution in [0.1, 0.15) is 17.5 Å². The molecule has 2 aliphatic heterocycles. The van der Waals surface area contributed by atoms with Gasteiger partial charge in [0, 0.05) is 51.3 Å². The van der Waals surface area contributed by atoms with Crippen LogP contribution in [-0.2, 0) is 6.54 Å². The second kappa shape index (κ2) is 7.74. The van der Waals surface area contributed by atoms with Gasteiger partial charge in [-0.25, -0.2) is 0 Å². The molecular weight excluding hydrogens is 324 g/mol. The molecule has 0 bridgehead atoms. The lowest BCUT2D eigenvalue weighted by Crippen LogP contribution is -2.34. The molecular formula is C20H26N6. The molecule has 4 rings (SSSR count). The lowest BCUT2D eigenvalue weighted by atomic mass is 10.1. The van der Waals surface area contributed by atoms with Gasteiger partial charge in [0.15, 0.2) is 0 Å². The van der Waals surface area contributed by atoms with Crippen molar-refractivity contribution in [2.45, 2.75) is 19.9 Å². The molecule has 1 aromatic heterocycles. The maximum absolute atomic E-state index is 4.45. The van der Waals surface area contributed by atoms with E-state index in [2.05, 4.69) is 62.2 Å². The van der Waals surface area contributed by atoms with E-state index >= 15 is 0 Å². The molecule has 26 heavy (non-hydrogen) atoms. The zero-order valence-electron chi connectivity index (χ0n) is 15.3. The quantitative estimate of drug-likeness (QED) is 0.779. The average molecular weight is 350 g/mol. The van der Waals surface area contributed by atoms with E-state index in [0.717, 1.165) is 61.6 Å². The molecule has 0 unspecified atom stereocenters. The van der Waals surface area contributed by atoms with Gasteiger partial charge < -0.3 is 20.9 Å². The van der Waals surface area contributed by atoms with Gasteiger partial charge in [-0.1, -0.05) is 6.07 Å². The van der Waals surface area contributed by atoms with Gasteiger partial charge in [0.05, 0.1) is 22.4 Å². The van der Waals surface area contributed by atoms with E-state index in [4.69, 9.17) is 0 Å². The van der Waals surface area contributed by atoms with Gasteiger partial charge >= 0.3 is 0 Å². The summed E-state index contributed by atoms with van der Waals surface area (Å²) in [4.78, 5) is 11.4. The summed E-state index contributed by atoms with van der Waals surface area (Å²) in [5.74, 6) is 0. The van der Waals surface area contributed by atoms with Crippen LogP contribution in [0.25, 0.3) is 11.0 Å². The molecule has 3 N–H and O–H groups in total. The molecule has 0 radical (unpaired) electrons. The number of aromatic nitrogens is 2. The first-order valence-electron chi connectivity index (χ1n) is 9.35. The minimum absolute atomic E-state index is 0.768. The van der Waals surface area contributed by atoms with Crippen LogP contribution in [0.2, 0.25) is 0 Å². The van der Waals surface area contributed by atoms with Crippen molar-refractivity contribution >= 4 is 11.0 Å². The van der Waals surface area contributed by atoms with Gasteiger partial charge in [-0.15, -0.1) is 0 Å². The Kier molecular flexibility index (Phi) is 5.02. The second-order valence-electron chi connectivity index (χ2n) is 6.84. The average Bonchev–Trinajstić information content (AvgIpc) is 2.96. The van der Waals surface area contributed by atoms with Crippen LogP contribution in [0.4, 0.5) is 0 Å². The Morgan fingerprint density at radius 3 is 3.04 bits per heavy atom. The number of fused-ring (bicyclic) bond motifs is 1. The number of benzene rings is 1. The van der Waals surface area contributed by atoms with Gasteiger partial charge in [0.2, 0.25) is 0 Å². The lowest BCUT2D eigenvalue weighted by Gasteiger charge is -2.30. The molecule has 6 nitrogen and oxygen atoms in total. The Bertz CT molecular complexity index is 833. The third-order valence-electron chi connectivity index (χ3n) is 4.92. The van der Waals surface area contributed by atoms with Crippen LogP contribution >= 0.6 is 0 Å². The molecule has 2 aliphatic rings. The second-order valence-corrected chi connectivity index (χ2v) is 6.84. The highest BCUT2D eigenvalue weighted by Gasteiger charge is 2.17. The third-order valence-corrected chi connectivity index (χ3v) is 4.92.